The number of rotatable bonds is 7. The maximum atomic E-state index is 13.5. The summed E-state index contributed by atoms with van der Waals surface area (Å²) in [6.45, 7) is -0.0273. The highest BCUT2D eigenvalue weighted by Crippen LogP contribution is 2.18. The number of hydrogen-bond acceptors (Lipinski definition) is 5. The molecule has 3 rings (SSSR count). The Morgan fingerprint density at radius 2 is 1.96 bits per heavy atom. The lowest BCUT2D eigenvalue weighted by molar-refractivity contribution is 0.176. The molecule has 2 aromatic carbocycles. The monoisotopic (exact) mass is 391 g/mol. The predicted molar refractivity (Wildman–Crippen MR) is 98.2 cm³/mol. The standard InChI is InChI=1S/C18H18FN3O4S/c1-26-10-9-22(27(24,25)14-6-4-5-13(19)11-14)12-17-20-16-8-3-2-7-15(16)18(23)21-17/h2-8,11H,9-10,12H2,1H3,(H,20,21,23). The normalized spacial score (nSPS) is 12.0. The van der Waals surface area contributed by atoms with Crippen LogP contribution in [0.3, 0.4) is 0 Å². The van der Waals surface area contributed by atoms with E-state index >= 15 is 0 Å². The summed E-state index contributed by atoms with van der Waals surface area (Å²) in [6, 6.07) is 11.5. The van der Waals surface area contributed by atoms with Crippen molar-refractivity contribution in [3.05, 3.63) is 70.5 Å². The lowest BCUT2D eigenvalue weighted by Gasteiger charge is -2.21. The van der Waals surface area contributed by atoms with Gasteiger partial charge in [-0.15, -0.1) is 0 Å². The van der Waals surface area contributed by atoms with Crippen LogP contribution in [0.2, 0.25) is 0 Å². The Kier molecular flexibility index (Phi) is 5.64. The molecule has 0 fully saturated rings. The van der Waals surface area contributed by atoms with Gasteiger partial charge in [0.2, 0.25) is 10.0 Å². The van der Waals surface area contributed by atoms with Crippen LogP contribution in [-0.2, 0) is 21.3 Å². The van der Waals surface area contributed by atoms with Gasteiger partial charge in [0, 0.05) is 13.7 Å². The smallest absolute Gasteiger partial charge is 0.258 e. The summed E-state index contributed by atoms with van der Waals surface area (Å²) in [6.07, 6.45) is 0. The Morgan fingerprint density at radius 1 is 1.19 bits per heavy atom. The maximum absolute atomic E-state index is 13.5. The number of ether oxygens (including phenoxy) is 1. The molecule has 0 aliphatic rings. The van der Waals surface area contributed by atoms with Gasteiger partial charge in [-0.3, -0.25) is 4.79 Å². The summed E-state index contributed by atoms with van der Waals surface area (Å²) in [5, 5.41) is 0.415. The van der Waals surface area contributed by atoms with E-state index in [1.807, 2.05) is 0 Å². The summed E-state index contributed by atoms with van der Waals surface area (Å²) in [4.78, 5) is 19.0. The minimum atomic E-state index is -4.01. The predicted octanol–water partition coefficient (Wildman–Crippen LogP) is 1.90. The van der Waals surface area contributed by atoms with Gasteiger partial charge in [0.05, 0.1) is 29.0 Å². The molecule has 1 N–H and O–H groups in total. The highest BCUT2D eigenvalue weighted by Gasteiger charge is 2.26. The van der Waals surface area contributed by atoms with Crippen molar-refractivity contribution < 1.29 is 17.5 Å². The molecule has 1 heterocycles. The van der Waals surface area contributed by atoms with Gasteiger partial charge in [-0.1, -0.05) is 18.2 Å². The van der Waals surface area contributed by atoms with E-state index in [9.17, 15) is 17.6 Å². The van der Waals surface area contributed by atoms with Crippen molar-refractivity contribution in [1.82, 2.24) is 14.3 Å². The number of nitrogens with zero attached hydrogens (tertiary/aromatic N) is 2. The first-order chi connectivity index (χ1) is 12.9. The molecule has 0 aliphatic heterocycles. The Balaban J connectivity index is 1.99. The van der Waals surface area contributed by atoms with E-state index in [4.69, 9.17) is 4.74 Å². The first-order valence-corrected chi connectivity index (χ1v) is 9.58. The number of aromatic nitrogens is 2. The molecule has 0 aliphatic carbocycles. The summed E-state index contributed by atoms with van der Waals surface area (Å²) in [5.41, 5.74) is 0.108. The maximum Gasteiger partial charge on any atom is 0.258 e. The summed E-state index contributed by atoms with van der Waals surface area (Å²) < 4.78 is 45.4. The van der Waals surface area contributed by atoms with E-state index in [0.717, 1.165) is 10.4 Å². The summed E-state index contributed by atoms with van der Waals surface area (Å²) >= 11 is 0. The fraction of sp³-hybridized carbons (Fsp3) is 0.222. The average Bonchev–Trinajstić information content (AvgIpc) is 2.65. The number of methoxy groups -OCH3 is 1. The van der Waals surface area contributed by atoms with Gasteiger partial charge in [-0.25, -0.2) is 17.8 Å². The number of para-hydroxylation sites is 1. The minimum absolute atomic E-state index is 0.0197. The molecule has 1 aromatic heterocycles. The molecule has 27 heavy (non-hydrogen) atoms. The Morgan fingerprint density at radius 3 is 2.70 bits per heavy atom. The van der Waals surface area contributed by atoms with Gasteiger partial charge in [0.1, 0.15) is 11.6 Å². The van der Waals surface area contributed by atoms with Crippen molar-refractivity contribution in [1.29, 1.82) is 0 Å². The van der Waals surface area contributed by atoms with Gasteiger partial charge < -0.3 is 9.72 Å². The molecule has 142 valence electrons. The van der Waals surface area contributed by atoms with Crippen LogP contribution in [0, 0.1) is 5.82 Å². The molecular formula is C18H18FN3O4S. The molecule has 0 atom stereocenters. The molecule has 9 heteroatoms. The number of halogens is 1. The van der Waals surface area contributed by atoms with Gasteiger partial charge in [0.15, 0.2) is 0 Å². The van der Waals surface area contributed by atoms with Crippen LogP contribution in [0.5, 0.6) is 0 Å². The Labute approximate surface area is 155 Å². The zero-order valence-electron chi connectivity index (χ0n) is 14.6. The molecule has 0 amide bonds. The Hall–Kier alpha value is -2.62. The van der Waals surface area contributed by atoms with Crippen molar-refractivity contribution in [3.63, 3.8) is 0 Å². The molecule has 0 spiro atoms. The number of fused-ring (bicyclic) bond motifs is 1. The summed E-state index contributed by atoms with van der Waals surface area (Å²) in [5.74, 6) is -0.463. The molecule has 0 saturated carbocycles. The van der Waals surface area contributed by atoms with Crippen molar-refractivity contribution in [2.24, 2.45) is 0 Å². The van der Waals surface area contributed by atoms with Crippen LogP contribution in [0.25, 0.3) is 10.9 Å². The van der Waals surface area contributed by atoms with Crippen molar-refractivity contribution in [3.8, 4) is 0 Å². The second-order valence-electron chi connectivity index (χ2n) is 5.82. The highest BCUT2D eigenvalue weighted by molar-refractivity contribution is 7.89. The van der Waals surface area contributed by atoms with Crippen LogP contribution in [0.4, 0.5) is 4.39 Å². The van der Waals surface area contributed by atoms with E-state index in [1.165, 1.54) is 25.3 Å². The molecule has 0 bridgehead atoms. The van der Waals surface area contributed by atoms with E-state index < -0.39 is 15.8 Å². The van der Waals surface area contributed by atoms with Gasteiger partial charge in [-0.2, -0.15) is 4.31 Å². The first-order valence-electron chi connectivity index (χ1n) is 8.14. The van der Waals surface area contributed by atoms with Crippen LogP contribution in [-0.4, -0.2) is 43.0 Å². The number of hydrogen-bond donors (Lipinski definition) is 1. The fourth-order valence-electron chi connectivity index (χ4n) is 2.63. The third-order valence-corrected chi connectivity index (χ3v) is 5.81. The van der Waals surface area contributed by atoms with Crippen molar-refractivity contribution >= 4 is 20.9 Å². The first kappa shape index (κ1) is 19.2. The number of sulfonamides is 1. The highest BCUT2D eigenvalue weighted by atomic mass is 32.2. The molecule has 3 aromatic rings. The van der Waals surface area contributed by atoms with Crippen molar-refractivity contribution in [2.75, 3.05) is 20.3 Å². The second kappa shape index (κ2) is 7.95. The number of H-pyrrole nitrogens is 1. The lowest BCUT2D eigenvalue weighted by atomic mass is 10.2. The van der Waals surface area contributed by atoms with Gasteiger partial charge in [-0.05, 0) is 30.3 Å². The van der Waals surface area contributed by atoms with Gasteiger partial charge >= 0.3 is 0 Å². The molecule has 0 saturated heterocycles. The lowest BCUT2D eigenvalue weighted by Crippen LogP contribution is -2.34. The fourth-order valence-corrected chi connectivity index (χ4v) is 4.05. The average molecular weight is 391 g/mol. The number of benzene rings is 2. The van der Waals surface area contributed by atoms with Crippen LogP contribution < -0.4 is 5.56 Å². The third-order valence-electron chi connectivity index (χ3n) is 3.97. The van der Waals surface area contributed by atoms with Gasteiger partial charge in [0.25, 0.3) is 5.56 Å². The van der Waals surface area contributed by atoms with Crippen LogP contribution in [0.1, 0.15) is 5.82 Å². The third kappa shape index (κ3) is 4.21. The quantitative estimate of drug-likeness (QED) is 0.664. The molecular weight excluding hydrogens is 373 g/mol. The minimum Gasteiger partial charge on any atom is -0.383 e. The number of nitrogens with one attached hydrogen (secondary N) is 1. The Bertz CT molecular complexity index is 1110. The van der Waals surface area contributed by atoms with E-state index in [1.54, 1.807) is 24.3 Å². The molecule has 7 nitrogen and oxygen atoms in total. The molecule has 0 unspecified atom stereocenters. The van der Waals surface area contributed by atoms with E-state index in [-0.39, 0.29) is 36.0 Å². The number of aromatic amines is 1. The largest absolute Gasteiger partial charge is 0.383 e. The van der Waals surface area contributed by atoms with E-state index in [0.29, 0.717) is 10.9 Å². The van der Waals surface area contributed by atoms with Crippen LogP contribution >= 0.6 is 0 Å². The van der Waals surface area contributed by atoms with Crippen LogP contribution in [0.15, 0.2) is 58.2 Å². The summed E-state index contributed by atoms with van der Waals surface area (Å²) in [7, 11) is -2.56. The molecule has 0 radical (unpaired) electrons. The van der Waals surface area contributed by atoms with E-state index in [2.05, 4.69) is 9.97 Å². The second-order valence-corrected chi connectivity index (χ2v) is 7.76. The topological polar surface area (TPSA) is 92.4 Å². The van der Waals surface area contributed by atoms with Crippen molar-refractivity contribution in [2.45, 2.75) is 11.4 Å². The SMILES string of the molecule is COCCN(Cc1nc2ccccc2c(=O)[nH]1)S(=O)(=O)c1cccc(F)c1. The zero-order valence-corrected chi connectivity index (χ0v) is 15.4. The zero-order chi connectivity index (χ0) is 19.4.